The summed E-state index contributed by atoms with van der Waals surface area (Å²) in [5, 5.41) is 6.89. The van der Waals surface area contributed by atoms with E-state index in [1.165, 1.54) is 4.68 Å². The maximum atomic E-state index is 12.2. The first-order valence-electron chi connectivity index (χ1n) is 7.17. The number of aryl methyl sites for hydroxylation is 1. The van der Waals surface area contributed by atoms with Crippen molar-refractivity contribution >= 4 is 17.5 Å². The summed E-state index contributed by atoms with van der Waals surface area (Å²) < 4.78 is 1.30. The SMILES string of the molecule is Cc1ccn(C(=O)c2ccc(NC(=O)c3ccccc3)cc2)n1. The number of anilines is 1. The number of benzene rings is 2. The Labute approximate surface area is 133 Å². The highest BCUT2D eigenvalue weighted by Gasteiger charge is 2.10. The number of hydrogen-bond acceptors (Lipinski definition) is 3. The number of nitrogens with zero attached hydrogens (tertiary/aromatic N) is 2. The van der Waals surface area contributed by atoms with Crippen LogP contribution < -0.4 is 5.32 Å². The summed E-state index contributed by atoms with van der Waals surface area (Å²) in [6, 6.07) is 17.5. The van der Waals surface area contributed by atoms with Gasteiger partial charge in [-0.2, -0.15) is 5.10 Å². The first-order valence-corrected chi connectivity index (χ1v) is 7.17. The molecule has 23 heavy (non-hydrogen) atoms. The number of carbonyl (C=O) groups is 2. The van der Waals surface area contributed by atoms with Crippen LogP contribution in [-0.2, 0) is 0 Å². The zero-order valence-corrected chi connectivity index (χ0v) is 12.6. The molecule has 5 nitrogen and oxygen atoms in total. The molecule has 0 aliphatic rings. The number of nitrogens with one attached hydrogen (secondary N) is 1. The Hall–Kier alpha value is -3.21. The molecule has 2 aromatic carbocycles. The summed E-state index contributed by atoms with van der Waals surface area (Å²) >= 11 is 0. The van der Waals surface area contributed by atoms with Crippen LogP contribution in [0.5, 0.6) is 0 Å². The van der Waals surface area contributed by atoms with Crippen molar-refractivity contribution in [3.63, 3.8) is 0 Å². The molecule has 1 heterocycles. The molecule has 0 spiro atoms. The summed E-state index contributed by atoms with van der Waals surface area (Å²) in [7, 11) is 0. The van der Waals surface area contributed by atoms with Crippen LogP contribution in [0.3, 0.4) is 0 Å². The van der Waals surface area contributed by atoms with Gasteiger partial charge in [-0.1, -0.05) is 18.2 Å². The number of rotatable bonds is 3. The van der Waals surface area contributed by atoms with Crippen LogP contribution in [0, 0.1) is 6.92 Å². The molecule has 1 N–H and O–H groups in total. The van der Waals surface area contributed by atoms with Crippen LogP contribution >= 0.6 is 0 Å². The van der Waals surface area contributed by atoms with Crippen molar-refractivity contribution in [2.45, 2.75) is 6.92 Å². The van der Waals surface area contributed by atoms with E-state index >= 15 is 0 Å². The Kier molecular flexibility index (Phi) is 4.01. The number of amides is 1. The van der Waals surface area contributed by atoms with Gasteiger partial charge in [0.1, 0.15) is 0 Å². The number of aromatic nitrogens is 2. The second-order valence-corrected chi connectivity index (χ2v) is 5.10. The van der Waals surface area contributed by atoms with Gasteiger partial charge in [0, 0.05) is 23.0 Å². The molecular formula is C18H15N3O2. The third kappa shape index (κ3) is 3.35. The first kappa shape index (κ1) is 14.7. The van der Waals surface area contributed by atoms with Gasteiger partial charge >= 0.3 is 0 Å². The molecule has 0 saturated heterocycles. The lowest BCUT2D eigenvalue weighted by Gasteiger charge is -2.06. The molecule has 0 saturated carbocycles. The van der Waals surface area contributed by atoms with Gasteiger partial charge in [-0.25, -0.2) is 4.68 Å². The van der Waals surface area contributed by atoms with Crippen LogP contribution in [0.1, 0.15) is 26.4 Å². The molecule has 3 rings (SSSR count). The average molecular weight is 305 g/mol. The Morgan fingerprint density at radius 1 is 0.913 bits per heavy atom. The van der Waals surface area contributed by atoms with Gasteiger partial charge in [0.2, 0.25) is 0 Å². The molecule has 114 valence electrons. The van der Waals surface area contributed by atoms with Crippen molar-refractivity contribution in [2.24, 2.45) is 0 Å². The lowest BCUT2D eigenvalue weighted by molar-refractivity contribution is 0.0944. The van der Waals surface area contributed by atoms with Crippen molar-refractivity contribution < 1.29 is 9.59 Å². The maximum absolute atomic E-state index is 12.2. The average Bonchev–Trinajstić information content (AvgIpc) is 3.02. The monoisotopic (exact) mass is 305 g/mol. The smallest absolute Gasteiger partial charge is 0.278 e. The summed E-state index contributed by atoms with van der Waals surface area (Å²) in [6.07, 6.45) is 1.63. The van der Waals surface area contributed by atoms with Gasteiger partial charge in [-0.3, -0.25) is 9.59 Å². The predicted octanol–water partition coefficient (Wildman–Crippen LogP) is 3.13. The Balaban J connectivity index is 1.72. The lowest BCUT2D eigenvalue weighted by Crippen LogP contribution is -2.14. The molecule has 0 atom stereocenters. The van der Waals surface area contributed by atoms with E-state index in [4.69, 9.17) is 0 Å². The van der Waals surface area contributed by atoms with Crippen LogP contribution in [0.25, 0.3) is 0 Å². The summed E-state index contributed by atoms with van der Waals surface area (Å²) in [4.78, 5) is 24.3. The van der Waals surface area contributed by atoms with Crippen molar-refractivity contribution in [1.29, 1.82) is 0 Å². The highest BCUT2D eigenvalue weighted by atomic mass is 16.2. The summed E-state index contributed by atoms with van der Waals surface area (Å²) in [6.45, 7) is 1.83. The van der Waals surface area contributed by atoms with E-state index in [9.17, 15) is 9.59 Å². The zero-order valence-electron chi connectivity index (χ0n) is 12.6. The highest BCUT2D eigenvalue weighted by Crippen LogP contribution is 2.12. The van der Waals surface area contributed by atoms with E-state index in [1.54, 1.807) is 48.7 Å². The minimum Gasteiger partial charge on any atom is -0.322 e. The van der Waals surface area contributed by atoms with E-state index in [1.807, 2.05) is 25.1 Å². The quantitative estimate of drug-likeness (QED) is 0.808. The minimum atomic E-state index is -0.209. The third-order valence-corrected chi connectivity index (χ3v) is 3.36. The normalized spacial score (nSPS) is 10.3. The second kappa shape index (κ2) is 6.27. The van der Waals surface area contributed by atoms with Gasteiger partial charge in [0.05, 0.1) is 5.69 Å². The van der Waals surface area contributed by atoms with Gasteiger partial charge in [0.25, 0.3) is 11.8 Å². The molecule has 1 amide bonds. The molecule has 0 fully saturated rings. The molecule has 0 unspecified atom stereocenters. The van der Waals surface area contributed by atoms with Crippen LogP contribution in [-0.4, -0.2) is 21.6 Å². The van der Waals surface area contributed by atoms with Gasteiger partial charge in [-0.15, -0.1) is 0 Å². The molecule has 0 bridgehead atoms. The van der Waals surface area contributed by atoms with Crippen molar-refractivity contribution in [3.8, 4) is 0 Å². The van der Waals surface area contributed by atoms with Crippen LogP contribution in [0.15, 0.2) is 66.9 Å². The molecule has 0 radical (unpaired) electrons. The van der Waals surface area contributed by atoms with E-state index in [0.29, 0.717) is 16.8 Å². The van der Waals surface area contributed by atoms with Crippen molar-refractivity contribution in [3.05, 3.63) is 83.7 Å². The highest BCUT2D eigenvalue weighted by molar-refractivity contribution is 6.04. The van der Waals surface area contributed by atoms with Crippen LogP contribution in [0.4, 0.5) is 5.69 Å². The fourth-order valence-corrected chi connectivity index (χ4v) is 2.15. The topological polar surface area (TPSA) is 64.0 Å². The lowest BCUT2D eigenvalue weighted by atomic mass is 10.1. The Bertz CT molecular complexity index is 836. The molecular weight excluding hydrogens is 290 g/mol. The van der Waals surface area contributed by atoms with Gasteiger partial charge in [0.15, 0.2) is 0 Å². The fourth-order valence-electron chi connectivity index (χ4n) is 2.15. The number of hydrogen-bond donors (Lipinski definition) is 1. The van der Waals surface area contributed by atoms with E-state index < -0.39 is 0 Å². The molecule has 0 aliphatic carbocycles. The third-order valence-electron chi connectivity index (χ3n) is 3.36. The van der Waals surface area contributed by atoms with Crippen molar-refractivity contribution in [1.82, 2.24) is 9.78 Å². The van der Waals surface area contributed by atoms with Gasteiger partial charge < -0.3 is 5.32 Å². The standard InChI is InChI=1S/C18H15N3O2/c1-13-11-12-21(20-13)18(23)15-7-9-16(10-8-15)19-17(22)14-5-3-2-4-6-14/h2-12H,1H3,(H,19,22). The van der Waals surface area contributed by atoms with E-state index in [-0.39, 0.29) is 11.8 Å². The first-order chi connectivity index (χ1) is 11.1. The molecule has 5 heteroatoms. The fraction of sp³-hybridized carbons (Fsp3) is 0.0556. The molecule has 3 aromatic rings. The summed E-state index contributed by atoms with van der Waals surface area (Å²) in [5.74, 6) is -0.397. The minimum absolute atomic E-state index is 0.188. The van der Waals surface area contributed by atoms with Crippen LogP contribution in [0.2, 0.25) is 0 Å². The Morgan fingerprint density at radius 3 is 2.22 bits per heavy atom. The Morgan fingerprint density at radius 2 is 1.61 bits per heavy atom. The summed E-state index contributed by atoms with van der Waals surface area (Å²) in [5.41, 5.74) is 2.50. The predicted molar refractivity (Wildman–Crippen MR) is 87.5 cm³/mol. The molecule has 0 aliphatic heterocycles. The molecule has 1 aromatic heterocycles. The van der Waals surface area contributed by atoms with Crippen molar-refractivity contribution in [2.75, 3.05) is 5.32 Å². The van der Waals surface area contributed by atoms with Gasteiger partial charge in [-0.05, 0) is 49.4 Å². The largest absolute Gasteiger partial charge is 0.322 e. The number of carbonyl (C=O) groups excluding carboxylic acids is 2. The zero-order chi connectivity index (χ0) is 16.2. The van der Waals surface area contributed by atoms with E-state index in [2.05, 4.69) is 10.4 Å². The maximum Gasteiger partial charge on any atom is 0.278 e. The van der Waals surface area contributed by atoms with E-state index in [0.717, 1.165) is 5.69 Å². The second-order valence-electron chi connectivity index (χ2n) is 5.10.